The minimum Gasteiger partial charge on any atom is -0.351 e. The number of amides is 2. The van der Waals surface area contributed by atoms with Crippen LogP contribution in [0.3, 0.4) is 0 Å². The molecule has 2 heterocycles. The number of hydrogen-bond donors (Lipinski definition) is 1. The third-order valence-corrected chi connectivity index (χ3v) is 6.82. The predicted octanol–water partition coefficient (Wildman–Crippen LogP) is 4.59. The Morgan fingerprint density at radius 1 is 0.941 bits per heavy atom. The van der Waals surface area contributed by atoms with Gasteiger partial charge in [-0.25, -0.2) is 4.99 Å². The zero-order chi connectivity index (χ0) is 23.5. The van der Waals surface area contributed by atoms with Crippen LogP contribution in [0.5, 0.6) is 0 Å². The van der Waals surface area contributed by atoms with E-state index in [0.29, 0.717) is 29.0 Å². The maximum Gasteiger partial charge on any atom is 0.271 e. The fourth-order valence-electron chi connectivity index (χ4n) is 3.92. The molecular weight excluding hydrogens is 468 g/mol. The van der Waals surface area contributed by atoms with Gasteiger partial charge in [0.25, 0.3) is 5.91 Å². The van der Waals surface area contributed by atoms with Crippen molar-refractivity contribution in [2.24, 2.45) is 9.98 Å². The van der Waals surface area contributed by atoms with E-state index in [2.05, 4.69) is 10.3 Å². The molecule has 0 radical (unpaired) electrons. The summed E-state index contributed by atoms with van der Waals surface area (Å²) in [4.78, 5) is 36.6. The van der Waals surface area contributed by atoms with Gasteiger partial charge in [0.1, 0.15) is 11.9 Å². The summed E-state index contributed by atoms with van der Waals surface area (Å²) in [6.07, 6.45) is 0.511. The van der Waals surface area contributed by atoms with Crippen LogP contribution in [0.25, 0.3) is 0 Å². The van der Waals surface area contributed by atoms with Gasteiger partial charge in [-0.15, -0.1) is 0 Å². The molecule has 0 saturated carbocycles. The number of aliphatic imine (C=N–C) groups is 2. The molecule has 0 spiro atoms. The summed E-state index contributed by atoms with van der Waals surface area (Å²) in [6, 6.07) is 24.3. The lowest BCUT2D eigenvalue weighted by Gasteiger charge is -2.31. The van der Waals surface area contributed by atoms with Gasteiger partial charge in [-0.05, 0) is 35.4 Å². The Balaban J connectivity index is 1.33. The number of carbonyl (C=O) groups is 2. The van der Waals surface area contributed by atoms with Gasteiger partial charge in [-0.3, -0.25) is 14.5 Å². The SMILES string of the molecule is O=C(CSC1=Nc2ccccc2C2=NC(=O)C(Cc3ccccc3)N12)NCc1ccc(Cl)cc1. The van der Waals surface area contributed by atoms with Crippen molar-refractivity contribution in [3.63, 3.8) is 0 Å². The summed E-state index contributed by atoms with van der Waals surface area (Å²) in [5.41, 5.74) is 3.58. The van der Waals surface area contributed by atoms with E-state index < -0.39 is 6.04 Å². The summed E-state index contributed by atoms with van der Waals surface area (Å²) in [6.45, 7) is 0.414. The molecule has 2 aliphatic rings. The maximum atomic E-state index is 12.9. The van der Waals surface area contributed by atoms with Crippen LogP contribution < -0.4 is 5.32 Å². The maximum absolute atomic E-state index is 12.9. The standard InChI is InChI=1S/C26H21ClN4O2S/c27-19-12-10-18(11-13-19)15-28-23(32)16-34-26-29-21-9-5-4-8-20(21)24-30-25(33)22(31(24)26)14-17-6-2-1-3-7-17/h1-13,22H,14-16H2,(H,28,32). The molecule has 0 bridgehead atoms. The average molecular weight is 489 g/mol. The summed E-state index contributed by atoms with van der Waals surface area (Å²) in [5.74, 6) is 0.451. The van der Waals surface area contributed by atoms with Crippen LogP contribution in [0.2, 0.25) is 5.02 Å². The van der Waals surface area contributed by atoms with Crippen LogP contribution in [-0.4, -0.2) is 39.5 Å². The number of nitrogens with one attached hydrogen (secondary N) is 1. The number of fused-ring (bicyclic) bond motifs is 3. The predicted molar refractivity (Wildman–Crippen MR) is 137 cm³/mol. The normalized spacial score (nSPS) is 16.4. The number of thioether (sulfide) groups is 1. The molecule has 2 aliphatic heterocycles. The van der Waals surface area contributed by atoms with Crippen LogP contribution in [0.4, 0.5) is 5.69 Å². The lowest BCUT2D eigenvalue weighted by atomic mass is 10.0. The molecule has 1 atom stereocenters. The summed E-state index contributed by atoms with van der Waals surface area (Å²) >= 11 is 7.23. The van der Waals surface area contributed by atoms with Gasteiger partial charge in [0, 0.05) is 23.6 Å². The van der Waals surface area contributed by atoms with Crippen molar-refractivity contribution in [3.05, 3.63) is 101 Å². The number of rotatable bonds is 6. The van der Waals surface area contributed by atoms with E-state index in [1.54, 1.807) is 12.1 Å². The van der Waals surface area contributed by atoms with Gasteiger partial charge in [0.15, 0.2) is 5.17 Å². The first-order valence-corrected chi connectivity index (χ1v) is 12.2. The van der Waals surface area contributed by atoms with E-state index in [4.69, 9.17) is 16.6 Å². The van der Waals surface area contributed by atoms with Gasteiger partial charge < -0.3 is 5.32 Å². The Labute approximate surface area is 206 Å². The second-order valence-corrected chi connectivity index (χ2v) is 9.33. The van der Waals surface area contributed by atoms with Gasteiger partial charge in [-0.1, -0.05) is 78.0 Å². The molecule has 34 heavy (non-hydrogen) atoms. The Bertz CT molecular complexity index is 1290. The minimum atomic E-state index is -0.492. The fourth-order valence-corrected chi connectivity index (χ4v) is 4.93. The van der Waals surface area contributed by atoms with E-state index in [1.165, 1.54) is 11.8 Å². The van der Waals surface area contributed by atoms with E-state index in [0.717, 1.165) is 22.4 Å². The first kappa shape index (κ1) is 22.4. The van der Waals surface area contributed by atoms with E-state index in [-0.39, 0.29) is 17.6 Å². The quantitative estimate of drug-likeness (QED) is 0.550. The van der Waals surface area contributed by atoms with Crippen LogP contribution in [-0.2, 0) is 22.6 Å². The van der Waals surface area contributed by atoms with Crippen molar-refractivity contribution in [3.8, 4) is 0 Å². The average Bonchev–Trinajstić information content (AvgIpc) is 3.19. The highest BCUT2D eigenvalue weighted by Gasteiger charge is 2.41. The van der Waals surface area contributed by atoms with Crippen molar-refractivity contribution in [2.45, 2.75) is 19.0 Å². The zero-order valence-electron chi connectivity index (χ0n) is 18.1. The molecule has 1 unspecified atom stereocenters. The monoisotopic (exact) mass is 488 g/mol. The van der Waals surface area contributed by atoms with Gasteiger partial charge in [0.05, 0.1) is 11.4 Å². The summed E-state index contributed by atoms with van der Waals surface area (Å²) in [5, 5.41) is 4.18. The lowest BCUT2D eigenvalue weighted by Crippen LogP contribution is -2.45. The molecular formula is C26H21ClN4O2S. The molecule has 3 aromatic carbocycles. The largest absolute Gasteiger partial charge is 0.351 e. The number of halogens is 1. The molecule has 2 amide bonds. The first-order chi connectivity index (χ1) is 16.6. The summed E-state index contributed by atoms with van der Waals surface area (Å²) < 4.78 is 0. The van der Waals surface area contributed by atoms with Gasteiger partial charge >= 0.3 is 0 Å². The topological polar surface area (TPSA) is 74.1 Å². The Kier molecular flexibility index (Phi) is 6.47. The van der Waals surface area contributed by atoms with Crippen molar-refractivity contribution in [2.75, 3.05) is 5.75 Å². The number of carbonyl (C=O) groups excluding carboxylic acids is 2. The number of para-hydroxylation sites is 1. The molecule has 0 aromatic heterocycles. The number of benzene rings is 3. The van der Waals surface area contributed by atoms with E-state index in [9.17, 15) is 9.59 Å². The first-order valence-electron chi connectivity index (χ1n) is 10.9. The zero-order valence-corrected chi connectivity index (χ0v) is 19.7. The molecule has 0 saturated heterocycles. The molecule has 8 heteroatoms. The minimum absolute atomic E-state index is 0.120. The number of amidine groups is 2. The highest BCUT2D eigenvalue weighted by molar-refractivity contribution is 8.14. The molecule has 5 rings (SSSR count). The van der Waals surface area contributed by atoms with Crippen LogP contribution >= 0.6 is 23.4 Å². The highest BCUT2D eigenvalue weighted by atomic mass is 35.5. The van der Waals surface area contributed by atoms with E-state index >= 15 is 0 Å². The Hall–Kier alpha value is -3.42. The number of hydrogen-bond acceptors (Lipinski definition) is 5. The molecule has 170 valence electrons. The van der Waals surface area contributed by atoms with Gasteiger partial charge in [-0.2, -0.15) is 4.99 Å². The summed E-state index contributed by atoms with van der Waals surface area (Å²) in [7, 11) is 0. The van der Waals surface area contributed by atoms with Gasteiger partial charge in [0.2, 0.25) is 5.91 Å². The fraction of sp³-hybridized carbons (Fsp3) is 0.154. The third-order valence-electron chi connectivity index (χ3n) is 5.62. The second kappa shape index (κ2) is 9.83. The lowest BCUT2D eigenvalue weighted by molar-refractivity contribution is -0.120. The van der Waals surface area contributed by atoms with Crippen molar-refractivity contribution < 1.29 is 9.59 Å². The van der Waals surface area contributed by atoms with Crippen molar-refractivity contribution in [1.82, 2.24) is 10.2 Å². The van der Waals surface area contributed by atoms with Crippen molar-refractivity contribution >= 4 is 51.9 Å². The van der Waals surface area contributed by atoms with Crippen LogP contribution in [0.15, 0.2) is 88.8 Å². The Morgan fingerprint density at radius 2 is 1.68 bits per heavy atom. The second-order valence-electron chi connectivity index (χ2n) is 7.95. The number of nitrogens with zero attached hydrogens (tertiary/aromatic N) is 3. The Morgan fingerprint density at radius 3 is 2.47 bits per heavy atom. The smallest absolute Gasteiger partial charge is 0.271 e. The molecule has 0 aliphatic carbocycles. The van der Waals surface area contributed by atoms with Crippen molar-refractivity contribution in [1.29, 1.82) is 0 Å². The molecule has 1 N–H and O–H groups in total. The molecule has 6 nitrogen and oxygen atoms in total. The van der Waals surface area contributed by atoms with Crippen LogP contribution in [0.1, 0.15) is 16.7 Å². The molecule has 0 fully saturated rings. The third kappa shape index (κ3) is 4.76. The molecule has 3 aromatic rings. The van der Waals surface area contributed by atoms with E-state index in [1.807, 2.05) is 71.6 Å². The highest BCUT2D eigenvalue weighted by Crippen LogP contribution is 2.34. The van der Waals surface area contributed by atoms with Crippen LogP contribution in [0, 0.1) is 0 Å².